The van der Waals surface area contributed by atoms with Crippen molar-refractivity contribution >= 4 is 23.4 Å². The summed E-state index contributed by atoms with van der Waals surface area (Å²) in [5, 5.41) is 5.08. The highest BCUT2D eigenvalue weighted by atomic mass is 16.2. The number of amides is 3. The molecule has 1 aliphatic rings. The third-order valence-electron chi connectivity index (χ3n) is 5.35. The van der Waals surface area contributed by atoms with Crippen LogP contribution in [0.5, 0.6) is 0 Å². The van der Waals surface area contributed by atoms with Gasteiger partial charge < -0.3 is 15.5 Å². The zero-order chi connectivity index (χ0) is 20.1. The van der Waals surface area contributed by atoms with E-state index in [1.165, 1.54) is 7.05 Å². The number of nitrogens with zero attached hydrogens (tertiary/aromatic N) is 1. The summed E-state index contributed by atoms with van der Waals surface area (Å²) >= 11 is 0. The standard InChI is InChI=1S/C22H25N3O3/c1-23-20(27)15-24-19(26)12-13-22(14-16-8-4-3-5-9-16)17-10-6-7-11-18(17)25(2)21(22)28/h3-11H,12-15H2,1-2H3,(H,23,27)(H,24,26)/t22-/m0/s1. The maximum Gasteiger partial charge on any atom is 0.239 e. The van der Waals surface area contributed by atoms with E-state index in [0.29, 0.717) is 12.8 Å². The Balaban J connectivity index is 1.87. The molecule has 3 amide bonds. The van der Waals surface area contributed by atoms with E-state index >= 15 is 0 Å². The van der Waals surface area contributed by atoms with Crippen molar-refractivity contribution < 1.29 is 14.4 Å². The molecule has 0 saturated carbocycles. The van der Waals surface area contributed by atoms with Crippen LogP contribution in [0.1, 0.15) is 24.0 Å². The van der Waals surface area contributed by atoms with Crippen molar-refractivity contribution in [2.24, 2.45) is 0 Å². The Hall–Kier alpha value is -3.15. The van der Waals surface area contributed by atoms with Crippen LogP contribution in [-0.4, -0.2) is 38.4 Å². The summed E-state index contributed by atoms with van der Waals surface area (Å²) in [7, 11) is 3.30. The molecular weight excluding hydrogens is 354 g/mol. The van der Waals surface area contributed by atoms with E-state index in [4.69, 9.17) is 0 Å². The van der Waals surface area contributed by atoms with Gasteiger partial charge in [-0.25, -0.2) is 0 Å². The molecule has 0 aliphatic carbocycles. The molecule has 0 bridgehead atoms. The third-order valence-corrected chi connectivity index (χ3v) is 5.35. The van der Waals surface area contributed by atoms with Crippen molar-refractivity contribution in [3.05, 3.63) is 65.7 Å². The van der Waals surface area contributed by atoms with Gasteiger partial charge in [-0.3, -0.25) is 14.4 Å². The van der Waals surface area contributed by atoms with Crippen molar-refractivity contribution in [3.8, 4) is 0 Å². The number of carbonyl (C=O) groups excluding carboxylic acids is 3. The SMILES string of the molecule is CNC(=O)CNC(=O)CC[C@@]1(Cc2ccccc2)C(=O)N(C)c2ccccc21. The summed E-state index contributed by atoms with van der Waals surface area (Å²) in [6.45, 7) is -0.0640. The fourth-order valence-corrected chi connectivity index (χ4v) is 3.84. The molecule has 0 saturated heterocycles. The van der Waals surface area contributed by atoms with Gasteiger partial charge in [-0.05, 0) is 30.0 Å². The monoisotopic (exact) mass is 379 g/mol. The highest BCUT2D eigenvalue weighted by Crippen LogP contribution is 2.46. The lowest BCUT2D eigenvalue weighted by molar-refractivity contribution is -0.127. The second-order valence-corrected chi connectivity index (χ2v) is 7.08. The van der Waals surface area contributed by atoms with Gasteiger partial charge in [-0.2, -0.15) is 0 Å². The molecule has 0 aromatic heterocycles. The maximum atomic E-state index is 13.3. The van der Waals surface area contributed by atoms with Gasteiger partial charge in [0.1, 0.15) is 0 Å². The van der Waals surface area contributed by atoms with E-state index < -0.39 is 5.41 Å². The number of hydrogen-bond acceptors (Lipinski definition) is 3. The molecule has 6 heteroatoms. The summed E-state index contributed by atoms with van der Waals surface area (Å²) < 4.78 is 0. The Kier molecular flexibility index (Phi) is 5.78. The van der Waals surface area contributed by atoms with Crippen LogP contribution < -0.4 is 15.5 Å². The number of benzene rings is 2. The highest BCUT2D eigenvalue weighted by Gasteiger charge is 2.49. The van der Waals surface area contributed by atoms with E-state index in [-0.39, 0.29) is 30.7 Å². The van der Waals surface area contributed by atoms with E-state index in [1.54, 1.807) is 11.9 Å². The van der Waals surface area contributed by atoms with Gasteiger partial charge in [0.2, 0.25) is 17.7 Å². The van der Waals surface area contributed by atoms with Crippen LogP contribution in [0.2, 0.25) is 0 Å². The molecule has 0 unspecified atom stereocenters. The second kappa shape index (κ2) is 8.25. The predicted octanol–water partition coefficient (Wildman–Crippen LogP) is 1.79. The van der Waals surface area contributed by atoms with Crippen molar-refractivity contribution in [1.82, 2.24) is 10.6 Å². The largest absolute Gasteiger partial charge is 0.358 e. The number of rotatable bonds is 7. The Bertz CT molecular complexity index is 882. The normalized spacial score (nSPS) is 17.9. The van der Waals surface area contributed by atoms with Crippen LogP contribution in [-0.2, 0) is 26.2 Å². The number of para-hydroxylation sites is 1. The van der Waals surface area contributed by atoms with Gasteiger partial charge >= 0.3 is 0 Å². The Morgan fingerprint density at radius 2 is 1.68 bits per heavy atom. The molecule has 2 aromatic rings. The minimum atomic E-state index is -0.795. The molecule has 1 atom stereocenters. The number of fused-ring (bicyclic) bond motifs is 1. The topological polar surface area (TPSA) is 78.5 Å². The van der Waals surface area contributed by atoms with Crippen LogP contribution in [0.4, 0.5) is 5.69 Å². The van der Waals surface area contributed by atoms with Crippen LogP contribution in [0.3, 0.4) is 0 Å². The van der Waals surface area contributed by atoms with E-state index in [1.807, 2.05) is 54.6 Å². The first-order valence-corrected chi connectivity index (χ1v) is 9.37. The summed E-state index contributed by atoms with van der Waals surface area (Å²) in [5.74, 6) is -0.498. The van der Waals surface area contributed by atoms with E-state index in [0.717, 1.165) is 16.8 Å². The molecule has 28 heavy (non-hydrogen) atoms. The molecule has 146 valence electrons. The molecule has 0 radical (unpaired) electrons. The van der Waals surface area contributed by atoms with Crippen LogP contribution in [0.25, 0.3) is 0 Å². The van der Waals surface area contributed by atoms with E-state index in [2.05, 4.69) is 10.6 Å². The third kappa shape index (κ3) is 3.76. The lowest BCUT2D eigenvalue weighted by Gasteiger charge is -2.28. The van der Waals surface area contributed by atoms with Gasteiger partial charge in [-0.15, -0.1) is 0 Å². The minimum Gasteiger partial charge on any atom is -0.358 e. The summed E-state index contributed by atoms with van der Waals surface area (Å²) in [4.78, 5) is 38.7. The summed E-state index contributed by atoms with van der Waals surface area (Å²) in [5.41, 5.74) is 2.09. The van der Waals surface area contributed by atoms with Gasteiger partial charge in [0, 0.05) is 26.2 Å². The van der Waals surface area contributed by atoms with Crippen LogP contribution in [0.15, 0.2) is 54.6 Å². The van der Waals surface area contributed by atoms with Crippen molar-refractivity contribution in [2.75, 3.05) is 25.5 Å². The molecule has 2 aromatic carbocycles. The maximum absolute atomic E-state index is 13.3. The van der Waals surface area contributed by atoms with Crippen LogP contribution >= 0.6 is 0 Å². The average Bonchev–Trinajstić information content (AvgIpc) is 2.93. The molecule has 3 rings (SSSR count). The minimum absolute atomic E-state index is 0.00310. The fraction of sp³-hybridized carbons (Fsp3) is 0.318. The summed E-state index contributed by atoms with van der Waals surface area (Å²) in [6.07, 6.45) is 1.07. The zero-order valence-electron chi connectivity index (χ0n) is 16.2. The smallest absolute Gasteiger partial charge is 0.239 e. The molecule has 0 fully saturated rings. The Morgan fingerprint density at radius 1 is 1.00 bits per heavy atom. The molecule has 1 aliphatic heterocycles. The van der Waals surface area contributed by atoms with Gasteiger partial charge in [0.05, 0.1) is 12.0 Å². The molecule has 2 N–H and O–H groups in total. The number of hydrogen-bond donors (Lipinski definition) is 2. The van der Waals surface area contributed by atoms with Crippen LogP contribution in [0, 0.1) is 0 Å². The average molecular weight is 379 g/mol. The first-order chi connectivity index (χ1) is 13.5. The molecule has 1 heterocycles. The van der Waals surface area contributed by atoms with Crippen molar-refractivity contribution in [1.29, 1.82) is 0 Å². The zero-order valence-corrected chi connectivity index (χ0v) is 16.2. The van der Waals surface area contributed by atoms with E-state index in [9.17, 15) is 14.4 Å². The first-order valence-electron chi connectivity index (χ1n) is 9.37. The lowest BCUT2D eigenvalue weighted by atomic mass is 9.73. The highest BCUT2D eigenvalue weighted by molar-refractivity contribution is 6.08. The van der Waals surface area contributed by atoms with Crippen molar-refractivity contribution in [3.63, 3.8) is 0 Å². The first kappa shape index (κ1) is 19.6. The van der Waals surface area contributed by atoms with Gasteiger partial charge in [0.15, 0.2) is 0 Å². The quantitative estimate of drug-likeness (QED) is 0.770. The molecule has 6 nitrogen and oxygen atoms in total. The summed E-state index contributed by atoms with van der Waals surface area (Å²) in [6, 6.07) is 17.6. The fourth-order valence-electron chi connectivity index (χ4n) is 3.84. The lowest BCUT2D eigenvalue weighted by Crippen LogP contribution is -2.42. The number of carbonyl (C=O) groups is 3. The number of anilines is 1. The second-order valence-electron chi connectivity index (χ2n) is 7.08. The molecular formula is C22H25N3O3. The number of nitrogens with one attached hydrogen (secondary N) is 2. The predicted molar refractivity (Wildman–Crippen MR) is 108 cm³/mol. The Morgan fingerprint density at radius 3 is 2.39 bits per heavy atom. The van der Waals surface area contributed by atoms with Crippen molar-refractivity contribution in [2.45, 2.75) is 24.7 Å². The van der Waals surface area contributed by atoms with Gasteiger partial charge in [0.25, 0.3) is 0 Å². The van der Waals surface area contributed by atoms with Gasteiger partial charge in [-0.1, -0.05) is 48.5 Å². The Labute approximate surface area is 164 Å². The molecule has 0 spiro atoms. The number of likely N-dealkylation sites (N-methyl/N-ethyl adjacent to an activating group) is 2.